The zero-order valence-corrected chi connectivity index (χ0v) is 14.1. The number of carbonyl (C=O) groups excluding carboxylic acids is 1. The number of carbonyl (C=O) groups is 1. The maximum atomic E-state index is 12.4. The van der Waals surface area contributed by atoms with Gasteiger partial charge < -0.3 is 10.4 Å². The maximum absolute atomic E-state index is 12.4. The normalized spacial score (nSPS) is 12.3. The van der Waals surface area contributed by atoms with E-state index in [0.29, 0.717) is 5.69 Å². The van der Waals surface area contributed by atoms with Crippen molar-refractivity contribution in [2.24, 2.45) is 0 Å². The Kier molecular flexibility index (Phi) is 4.22. The first kappa shape index (κ1) is 17.0. The zero-order chi connectivity index (χ0) is 17.4. The third kappa shape index (κ3) is 3.53. The molecule has 0 bridgehead atoms. The van der Waals surface area contributed by atoms with Gasteiger partial charge in [-0.25, -0.2) is 4.68 Å². The molecule has 23 heavy (non-hydrogen) atoms. The highest BCUT2D eigenvalue weighted by Gasteiger charge is 2.36. The van der Waals surface area contributed by atoms with Gasteiger partial charge in [-0.2, -0.15) is 0 Å². The minimum absolute atomic E-state index is 0.146. The molecule has 6 heteroatoms. The Morgan fingerprint density at radius 3 is 2.26 bits per heavy atom. The second-order valence-electron chi connectivity index (χ2n) is 6.82. The molecule has 6 nitrogen and oxygen atoms in total. The van der Waals surface area contributed by atoms with Crippen LogP contribution in [0.1, 0.15) is 43.7 Å². The number of nitrogens with one attached hydrogen (secondary N) is 2. The predicted molar refractivity (Wildman–Crippen MR) is 89.0 cm³/mol. The van der Waals surface area contributed by atoms with Gasteiger partial charge in [0.15, 0.2) is 0 Å². The van der Waals surface area contributed by atoms with Crippen LogP contribution in [-0.2, 0) is 0 Å². The SMILES string of the molecule is Cc1ccc(-n2[nH]c(C(=O)NC(C)(C)C(C)(C)O)cc2=O)cc1. The van der Waals surface area contributed by atoms with E-state index in [0.717, 1.165) is 5.56 Å². The van der Waals surface area contributed by atoms with E-state index in [1.807, 2.05) is 19.1 Å². The number of amides is 1. The lowest BCUT2D eigenvalue weighted by Gasteiger charge is -2.37. The Bertz CT molecular complexity index is 762. The van der Waals surface area contributed by atoms with Crippen LogP contribution in [0.3, 0.4) is 0 Å². The van der Waals surface area contributed by atoms with E-state index >= 15 is 0 Å². The van der Waals surface area contributed by atoms with Crippen LogP contribution in [0.15, 0.2) is 35.1 Å². The summed E-state index contributed by atoms with van der Waals surface area (Å²) >= 11 is 0. The number of aliphatic hydroxyl groups is 1. The lowest BCUT2D eigenvalue weighted by molar-refractivity contribution is -0.00303. The van der Waals surface area contributed by atoms with E-state index in [-0.39, 0.29) is 11.3 Å². The third-order valence-electron chi connectivity index (χ3n) is 4.21. The van der Waals surface area contributed by atoms with Gasteiger partial charge >= 0.3 is 0 Å². The summed E-state index contributed by atoms with van der Waals surface area (Å²) in [6.07, 6.45) is 0. The maximum Gasteiger partial charge on any atom is 0.271 e. The largest absolute Gasteiger partial charge is 0.388 e. The number of H-pyrrole nitrogens is 1. The van der Waals surface area contributed by atoms with E-state index in [1.54, 1.807) is 39.8 Å². The highest BCUT2D eigenvalue weighted by molar-refractivity contribution is 5.92. The van der Waals surface area contributed by atoms with Crippen molar-refractivity contribution >= 4 is 5.91 Å². The number of hydrogen-bond acceptors (Lipinski definition) is 3. The van der Waals surface area contributed by atoms with Crippen molar-refractivity contribution < 1.29 is 9.90 Å². The summed E-state index contributed by atoms with van der Waals surface area (Å²) in [6.45, 7) is 8.64. The number of rotatable bonds is 4. The van der Waals surface area contributed by atoms with Crippen molar-refractivity contribution in [3.05, 3.63) is 51.9 Å². The van der Waals surface area contributed by atoms with E-state index in [2.05, 4.69) is 10.4 Å². The van der Waals surface area contributed by atoms with E-state index < -0.39 is 17.0 Å². The highest BCUT2D eigenvalue weighted by Crippen LogP contribution is 2.20. The third-order valence-corrected chi connectivity index (χ3v) is 4.21. The summed E-state index contributed by atoms with van der Waals surface area (Å²) in [5, 5.41) is 15.7. The Morgan fingerprint density at radius 1 is 1.17 bits per heavy atom. The molecule has 1 aromatic heterocycles. The van der Waals surface area contributed by atoms with Crippen molar-refractivity contribution in [2.75, 3.05) is 0 Å². The van der Waals surface area contributed by atoms with Crippen molar-refractivity contribution in [3.63, 3.8) is 0 Å². The quantitative estimate of drug-likeness (QED) is 0.803. The molecule has 2 rings (SSSR count). The fraction of sp³-hybridized carbons (Fsp3) is 0.412. The van der Waals surface area contributed by atoms with Crippen LogP contribution in [0.2, 0.25) is 0 Å². The molecule has 0 atom stereocenters. The lowest BCUT2D eigenvalue weighted by Crippen LogP contribution is -2.57. The molecule has 0 saturated carbocycles. The van der Waals surface area contributed by atoms with Crippen LogP contribution in [0.25, 0.3) is 5.69 Å². The summed E-state index contributed by atoms with van der Waals surface area (Å²) in [5.74, 6) is -0.444. The fourth-order valence-corrected chi connectivity index (χ4v) is 1.90. The lowest BCUT2D eigenvalue weighted by atomic mass is 9.86. The topological polar surface area (TPSA) is 87.1 Å². The average molecular weight is 317 g/mol. The predicted octanol–water partition coefficient (Wildman–Crippen LogP) is 1.75. The molecule has 0 radical (unpaired) electrons. The van der Waals surface area contributed by atoms with Gasteiger partial charge in [0, 0.05) is 6.07 Å². The molecule has 3 N–H and O–H groups in total. The van der Waals surface area contributed by atoms with Crippen LogP contribution in [0.5, 0.6) is 0 Å². The Morgan fingerprint density at radius 2 is 1.74 bits per heavy atom. The van der Waals surface area contributed by atoms with Crippen molar-refractivity contribution in [1.82, 2.24) is 15.1 Å². The summed E-state index contributed by atoms with van der Waals surface area (Å²) in [4.78, 5) is 24.4. The van der Waals surface area contributed by atoms with E-state index in [1.165, 1.54) is 10.7 Å². The molecule has 0 aliphatic heterocycles. The number of aromatic amines is 1. The van der Waals surface area contributed by atoms with Gasteiger partial charge in [0.2, 0.25) is 0 Å². The minimum atomic E-state index is -1.11. The van der Waals surface area contributed by atoms with Gasteiger partial charge in [-0.15, -0.1) is 0 Å². The van der Waals surface area contributed by atoms with Gasteiger partial charge in [-0.05, 0) is 46.8 Å². The van der Waals surface area contributed by atoms with Gasteiger partial charge in [0.25, 0.3) is 11.5 Å². The molecule has 124 valence electrons. The Labute approximate surface area is 135 Å². The molecule has 0 spiro atoms. The summed E-state index contributed by atoms with van der Waals surface area (Å²) in [7, 11) is 0. The number of aromatic nitrogens is 2. The fourth-order valence-electron chi connectivity index (χ4n) is 1.90. The number of nitrogens with zero attached hydrogens (tertiary/aromatic N) is 1. The molecule has 0 saturated heterocycles. The highest BCUT2D eigenvalue weighted by atomic mass is 16.3. The Balaban J connectivity index is 2.29. The van der Waals surface area contributed by atoms with Gasteiger partial charge in [-0.1, -0.05) is 17.7 Å². The smallest absolute Gasteiger partial charge is 0.271 e. The van der Waals surface area contributed by atoms with Gasteiger partial charge in [0.1, 0.15) is 5.69 Å². The number of aryl methyl sites for hydroxylation is 1. The number of hydrogen-bond donors (Lipinski definition) is 3. The molecule has 0 aliphatic rings. The first-order valence-corrected chi connectivity index (χ1v) is 7.45. The van der Waals surface area contributed by atoms with Crippen LogP contribution in [0, 0.1) is 6.92 Å². The molecule has 1 heterocycles. The molecular weight excluding hydrogens is 294 g/mol. The van der Waals surface area contributed by atoms with E-state index in [9.17, 15) is 14.7 Å². The summed E-state index contributed by atoms with van der Waals surface area (Å²) in [5.41, 5.74) is -0.400. The van der Waals surface area contributed by atoms with Crippen LogP contribution in [-0.4, -0.2) is 31.9 Å². The standard InChI is InChI=1S/C17H23N3O3/c1-11-6-8-12(9-7-11)20-14(21)10-13(19-20)15(22)18-16(2,3)17(4,5)23/h6-10,19,23H,1-5H3,(H,18,22). The van der Waals surface area contributed by atoms with Crippen LogP contribution in [0.4, 0.5) is 0 Å². The molecule has 0 unspecified atom stereocenters. The van der Waals surface area contributed by atoms with E-state index in [4.69, 9.17) is 0 Å². The molecule has 2 aromatic rings. The van der Waals surface area contributed by atoms with Gasteiger partial charge in [-0.3, -0.25) is 14.7 Å². The van der Waals surface area contributed by atoms with Crippen molar-refractivity contribution in [1.29, 1.82) is 0 Å². The molecule has 1 aromatic carbocycles. The Hall–Kier alpha value is -2.34. The second-order valence-corrected chi connectivity index (χ2v) is 6.82. The summed E-state index contributed by atoms with van der Waals surface area (Å²) < 4.78 is 1.31. The zero-order valence-electron chi connectivity index (χ0n) is 14.1. The van der Waals surface area contributed by atoms with Crippen LogP contribution < -0.4 is 10.9 Å². The first-order chi connectivity index (χ1) is 10.5. The van der Waals surface area contributed by atoms with Crippen molar-refractivity contribution in [3.8, 4) is 5.69 Å². The molecule has 0 aliphatic carbocycles. The monoisotopic (exact) mass is 317 g/mol. The number of benzene rings is 1. The second kappa shape index (κ2) is 5.70. The van der Waals surface area contributed by atoms with Gasteiger partial charge in [0.05, 0.1) is 16.8 Å². The molecule has 1 amide bonds. The first-order valence-electron chi connectivity index (χ1n) is 7.45. The van der Waals surface area contributed by atoms with Crippen molar-refractivity contribution in [2.45, 2.75) is 45.8 Å². The summed E-state index contributed by atoms with van der Waals surface area (Å²) in [6, 6.07) is 8.63. The minimum Gasteiger partial charge on any atom is -0.388 e. The molecule has 0 fully saturated rings. The van der Waals surface area contributed by atoms with Crippen LogP contribution >= 0.6 is 0 Å². The molecular formula is C17H23N3O3. The average Bonchev–Trinajstić information content (AvgIpc) is 2.80.